The molecular weight excluding hydrogens is 208 g/mol. The lowest BCUT2D eigenvalue weighted by Crippen LogP contribution is -2.06. The Balaban J connectivity index is 2.57. The van der Waals surface area contributed by atoms with Crippen molar-refractivity contribution in [2.75, 3.05) is 12.4 Å². The molecule has 0 unspecified atom stereocenters. The molecule has 1 rings (SSSR count). The second kappa shape index (κ2) is 5.81. The van der Waals surface area contributed by atoms with E-state index in [4.69, 9.17) is 4.74 Å². The van der Waals surface area contributed by atoms with Crippen molar-refractivity contribution in [3.8, 4) is 0 Å². The van der Waals surface area contributed by atoms with Gasteiger partial charge in [-0.1, -0.05) is 17.7 Å². The maximum Gasteiger partial charge on any atom is 0.316 e. The van der Waals surface area contributed by atoms with Crippen molar-refractivity contribution in [3.63, 3.8) is 0 Å². The van der Waals surface area contributed by atoms with Gasteiger partial charge in [0.05, 0.1) is 12.4 Å². The molecule has 0 amide bonds. The molecule has 0 atom stereocenters. The second-order valence-corrected chi connectivity index (χ2v) is 4.38. The number of thioether (sulfide) groups is 1. The number of esters is 1. The fourth-order valence-corrected chi connectivity index (χ4v) is 2.12. The first-order valence-electron chi connectivity index (χ1n) is 4.99. The van der Waals surface area contributed by atoms with E-state index in [0.29, 0.717) is 12.4 Å². The van der Waals surface area contributed by atoms with E-state index >= 15 is 0 Å². The van der Waals surface area contributed by atoms with E-state index in [-0.39, 0.29) is 5.97 Å². The number of carbonyl (C=O) groups excluding carboxylic acids is 1. The minimum absolute atomic E-state index is 0.150. The zero-order valence-electron chi connectivity index (χ0n) is 9.37. The van der Waals surface area contributed by atoms with Gasteiger partial charge in [-0.2, -0.15) is 0 Å². The van der Waals surface area contributed by atoms with E-state index in [0.717, 1.165) is 4.90 Å². The van der Waals surface area contributed by atoms with Gasteiger partial charge in [-0.15, -0.1) is 11.8 Å². The Morgan fingerprint density at radius 3 is 2.80 bits per heavy atom. The summed E-state index contributed by atoms with van der Waals surface area (Å²) in [6.45, 7) is 6.37. The van der Waals surface area contributed by atoms with Gasteiger partial charge in [0.2, 0.25) is 0 Å². The van der Waals surface area contributed by atoms with Crippen LogP contribution in [0.5, 0.6) is 0 Å². The maximum atomic E-state index is 11.2. The predicted molar refractivity (Wildman–Crippen MR) is 63.3 cm³/mol. The van der Waals surface area contributed by atoms with Crippen molar-refractivity contribution >= 4 is 17.7 Å². The summed E-state index contributed by atoms with van der Waals surface area (Å²) in [6, 6.07) is 6.24. The highest BCUT2D eigenvalue weighted by Gasteiger charge is 2.05. The zero-order chi connectivity index (χ0) is 11.3. The summed E-state index contributed by atoms with van der Waals surface area (Å²) in [4.78, 5) is 12.3. The molecule has 3 heteroatoms. The SMILES string of the molecule is CCOC(=O)CSc1cc(C)ccc1C. The summed E-state index contributed by atoms with van der Waals surface area (Å²) >= 11 is 1.53. The van der Waals surface area contributed by atoms with E-state index in [1.54, 1.807) is 0 Å². The van der Waals surface area contributed by atoms with E-state index < -0.39 is 0 Å². The summed E-state index contributed by atoms with van der Waals surface area (Å²) in [6.07, 6.45) is 0. The Morgan fingerprint density at radius 1 is 1.40 bits per heavy atom. The van der Waals surface area contributed by atoms with Gasteiger partial charge in [0.25, 0.3) is 0 Å². The van der Waals surface area contributed by atoms with Gasteiger partial charge in [-0.25, -0.2) is 0 Å². The molecule has 0 spiro atoms. The van der Waals surface area contributed by atoms with Crippen LogP contribution in [0.25, 0.3) is 0 Å². The van der Waals surface area contributed by atoms with Crippen LogP contribution in [0.4, 0.5) is 0 Å². The summed E-state index contributed by atoms with van der Waals surface area (Å²) in [7, 11) is 0. The average Bonchev–Trinajstić information content (AvgIpc) is 2.20. The summed E-state index contributed by atoms with van der Waals surface area (Å²) in [5.41, 5.74) is 2.42. The molecule has 0 bridgehead atoms. The van der Waals surface area contributed by atoms with Gasteiger partial charge in [-0.3, -0.25) is 4.79 Å². The van der Waals surface area contributed by atoms with Gasteiger partial charge in [0.15, 0.2) is 0 Å². The normalized spacial score (nSPS) is 10.1. The van der Waals surface area contributed by atoms with Crippen LogP contribution in [0.2, 0.25) is 0 Å². The van der Waals surface area contributed by atoms with Crippen molar-refractivity contribution in [1.29, 1.82) is 0 Å². The van der Waals surface area contributed by atoms with E-state index in [2.05, 4.69) is 18.2 Å². The highest BCUT2D eigenvalue weighted by Crippen LogP contribution is 2.23. The lowest BCUT2D eigenvalue weighted by atomic mass is 10.2. The Labute approximate surface area is 95.0 Å². The number of hydrogen-bond donors (Lipinski definition) is 0. The molecule has 0 aliphatic rings. The topological polar surface area (TPSA) is 26.3 Å². The Kier molecular flexibility index (Phi) is 4.69. The number of rotatable bonds is 4. The fraction of sp³-hybridized carbons (Fsp3) is 0.417. The molecule has 0 aliphatic carbocycles. The summed E-state index contributed by atoms with van der Waals surface area (Å²) < 4.78 is 4.87. The minimum Gasteiger partial charge on any atom is -0.465 e. The second-order valence-electron chi connectivity index (χ2n) is 3.36. The third kappa shape index (κ3) is 3.96. The first-order chi connectivity index (χ1) is 7.13. The highest BCUT2D eigenvalue weighted by atomic mass is 32.2. The smallest absolute Gasteiger partial charge is 0.316 e. The number of hydrogen-bond acceptors (Lipinski definition) is 3. The Bertz CT molecular complexity index is 347. The molecule has 0 aromatic heterocycles. The van der Waals surface area contributed by atoms with Gasteiger partial charge in [0.1, 0.15) is 0 Å². The van der Waals surface area contributed by atoms with Gasteiger partial charge in [-0.05, 0) is 32.4 Å². The van der Waals surface area contributed by atoms with Gasteiger partial charge >= 0.3 is 5.97 Å². The molecule has 0 fully saturated rings. The molecule has 0 N–H and O–H groups in total. The molecule has 82 valence electrons. The van der Waals surface area contributed by atoms with E-state index in [9.17, 15) is 4.79 Å². The van der Waals surface area contributed by atoms with Crippen molar-refractivity contribution in [2.24, 2.45) is 0 Å². The molecule has 0 aliphatic heterocycles. The number of carbonyl (C=O) groups is 1. The molecule has 0 saturated heterocycles. The molecule has 0 saturated carbocycles. The molecule has 0 radical (unpaired) electrons. The van der Waals surface area contributed by atoms with Crippen LogP contribution in [0, 0.1) is 13.8 Å². The molecule has 0 heterocycles. The molecule has 1 aromatic carbocycles. The van der Waals surface area contributed by atoms with Crippen molar-refractivity contribution < 1.29 is 9.53 Å². The van der Waals surface area contributed by atoms with E-state index in [1.807, 2.05) is 20.8 Å². The van der Waals surface area contributed by atoms with Gasteiger partial charge in [0, 0.05) is 4.90 Å². The molecule has 1 aromatic rings. The van der Waals surface area contributed by atoms with Crippen LogP contribution in [0.1, 0.15) is 18.1 Å². The quantitative estimate of drug-likeness (QED) is 0.581. The van der Waals surface area contributed by atoms with Crippen molar-refractivity contribution in [2.45, 2.75) is 25.7 Å². The monoisotopic (exact) mass is 224 g/mol. The third-order valence-corrected chi connectivity index (χ3v) is 3.13. The average molecular weight is 224 g/mol. The largest absolute Gasteiger partial charge is 0.465 e. The maximum absolute atomic E-state index is 11.2. The number of benzene rings is 1. The lowest BCUT2D eigenvalue weighted by molar-refractivity contribution is -0.139. The summed E-state index contributed by atoms with van der Waals surface area (Å²) in [5, 5.41) is 0. The standard InChI is InChI=1S/C12H16O2S/c1-4-14-12(13)8-15-11-7-9(2)5-6-10(11)3/h5-7H,4,8H2,1-3H3. The van der Waals surface area contributed by atoms with Crippen molar-refractivity contribution in [1.82, 2.24) is 0 Å². The number of aryl methyl sites for hydroxylation is 2. The molecule has 2 nitrogen and oxygen atoms in total. The number of ether oxygens (including phenoxy) is 1. The van der Waals surface area contributed by atoms with Crippen molar-refractivity contribution in [3.05, 3.63) is 29.3 Å². The van der Waals surface area contributed by atoms with Crippen LogP contribution in [-0.2, 0) is 9.53 Å². The minimum atomic E-state index is -0.150. The van der Waals surface area contributed by atoms with Crippen LogP contribution < -0.4 is 0 Å². The van der Waals surface area contributed by atoms with Gasteiger partial charge < -0.3 is 4.74 Å². The fourth-order valence-electron chi connectivity index (χ4n) is 1.20. The predicted octanol–water partition coefficient (Wildman–Crippen LogP) is 2.96. The molecule has 15 heavy (non-hydrogen) atoms. The highest BCUT2D eigenvalue weighted by molar-refractivity contribution is 8.00. The van der Waals surface area contributed by atoms with Crippen LogP contribution in [-0.4, -0.2) is 18.3 Å². The zero-order valence-corrected chi connectivity index (χ0v) is 10.2. The Morgan fingerprint density at radius 2 is 2.13 bits per heavy atom. The van der Waals surface area contributed by atoms with Crippen LogP contribution >= 0.6 is 11.8 Å². The van der Waals surface area contributed by atoms with Crippen LogP contribution in [0.15, 0.2) is 23.1 Å². The third-order valence-electron chi connectivity index (χ3n) is 1.99. The first kappa shape index (κ1) is 12.1. The Hall–Kier alpha value is -0.960. The van der Waals surface area contributed by atoms with Crippen LogP contribution in [0.3, 0.4) is 0 Å². The van der Waals surface area contributed by atoms with E-state index in [1.165, 1.54) is 22.9 Å². The lowest BCUT2D eigenvalue weighted by Gasteiger charge is -2.06. The first-order valence-corrected chi connectivity index (χ1v) is 5.97. The molecular formula is C12H16O2S. The summed E-state index contributed by atoms with van der Waals surface area (Å²) in [5.74, 6) is 0.237.